The van der Waals surface area contributed by atoms with Gasteiger partial charge in [0.15, 0.2) is 14.9 Å². The number of anilines is 1. The van der Waals surface area contributed by atoms with E-state index in [4.69, 9.17) is 5.73 Å². The molecule has 2 rings (SSSR count). The van der Waals surface area contributed by atoms with Crippen LogP contribution in [0, 0.1) is 0 Å². The van der Waals surface area contributed by atoms with Crippen LogP contribution in [0.4, 0.5) is 5.69 Å². The molecule has 0 aliphatic carbocycles. The number of sulfone groups is 1. The third kappa shape index (κ3) is 3.81. The summed E-state index contributed by atoms with van der Waals surface area (Å²) >= 11 is 0. The highest BCUT2D eigenvalue weighted by Gasteiger charge is 2.18. The number of benzene rings is 1. The van der Waals surface area contributed by atoms with Crippen LogP contribution in [0.2, 0.25) is 0 Å². The van der Waals surface area contributed by atoms with Crippen molar-refractivity contribution in [2.75, 3.05) is 11.5 Å². The SMILES string of the molecule is Nc1cccnc1S(=O)(=O)CCCCc1ccccc1. The molecule has 5 heteroatoms. The molecule has 1 heterocycles. The van der Waals surface area contributed by atoms with E-state index < -0.39 is 9.84 Å². The van der Waals surface area contributed by atoms with E-state index in [1.165, 1.54) is 11.8 Å². The molecule has 1 aromatic carbocycles. The zero-order valence-corrected chi connectivity index (χ0v) is 12.0. The maximum Gasteiger partial charge on any atom is 0.197 e. The summed E-state index contributed by atoms with van der Waals surface area (Å²) in [6.45, 7) is 0. The van der Waals surface area contributed by atoms with E-state index in [1.54, 1.807) is 12.1 Å². The van der Waals surface area contributed by atoms with E-state index in [2.05, 4.69) is 4.98 Å². The Morgan fingerprint density at radius 1 is 1.00 bits per heavy atom. The van der Waals surface area contributed by atoms with E-state index in [1.807, 2.05) is 30.3 Å². The molecular weight excluding hydrogens is 272 g/mol. The number of nitrogen functional groups attached to an aromatic ring is 1. The predicted molar refractivity (Wildman–Crippen MR) is 80.1 cm³/mol. The van der Waals surface area contributed by atoms with Crippen molar-refractivity contribution < 1.29 is 8.42 Å². The fraction of sp³-hybridized carbons (Fsp3) is 0.267. The van der Waals surface area contributed by atoms with Gasteiger partial charge in [-0.15, -0.1) is 0 Å². The number of rotatable bonds is 6. The number of hydrogen-bond acceptors (Lipinski definition) is 4. The number of aromatic nitrogens is 1. The summed E-state index contributed by atoms with van der Waals surface area (Å²) < 4.78 is 24.2. The molecule has 0 saturated heterocycles. The molecule has 0 unspecified atom stereocenters. The number of hydrogen-bond donors (Lipinski definition) is 1. The van der Waals surface area contributed by atoms with Crippen LogP contribution >= 0.6 is 0 Å². The van der Waals surface area contributed by atoms with Gasteiger partial charge < -0.3 is 5.73 Å². The molecule has 0 spiro atoms. The van der Waals surface area contributed by atoms with Gasteiger partial charge in [0.1, 0.15) is 0 Å². The minimum Gasteiger partial charge on any atom is -0.396 e. The fourth-order valence-electron chi connectivity index (χ4n) is 2.03. The molecule has 20 heavy (non-hydrogen) atoms. The maximum atomic E-state index is 12.1. The zero-order chi connectivity index (χ0) is 14.4. The molecule has 0 fully saturated rings. The Hall–Kier alpha value is -1.88. The lowest BCUT2D eigenvalue weighted by atomic mass is 10.1. The molecule has 106 valence electrons. The summed E-state index contributed by atoms with van der Waals surface area (Å²) in [5.41, 5.74) is 7.10. The minimum atomic E-state index is -3.38. The van der Waals surface area contributed by atoms with Crippen molar-refractivity contribution in [3.63, 3.8) is 0 Å². The van der Waals surface area contributed by atoms with Crippen LogP contribution in [-0.4, -0.2) is 19.2 Å². The van der Waals surface area contributed by atoms with E-state index in [0.29, 0.717) is 6.42 Å². The molecule has 0 aliphatic rings. The average molecular weight is 290 g/mol. The van der Waals surface area contributed by atoms with Gasteiger partial charge in [0.2, 0.25) is 0 Å². The quantitative estimate of drug-likeness (QED) is 0.829. The second-order valence-corrected chi connectivity index (χ2v) is 6.68. The van der Waals surface area contributed by atoms with Crippen LogP contribution in [0.5, 0.6) is 0 Å². The van der Waals surface area contributed by atoms with E-state index in [9.17, 15) is 8.42 Å². The molecule has 0 bridgehead atoms. The summed E-state index contributed by atoms with van der Waals surface area (Å²) in [5.74, 6) is 0.0844. The Morgan fingerprint density at radius 3 is 2.45 bits per heavy atom. The predicted octanol–water partition coefficient (Wildman–Crippen LogP) is 2.46. The Balaban J connectivity index is 1.89. The first-order valence-electron chi connectivity index (χ1n) is 6.57. The third-order valence-electron chi connectivity index (χ3n) is 3.07. The summed E-state index contributed by atoms with van der Waals surface area (Å²) in [6.07, 6.45) is 3.77. The zero-order valence-electron chi connectivity index (χ0n) is 11.2. The fourth-order valence-corrected chi connectivity index (χ4v) is 3.45. The van der Waals surface area contributed by atoms with Crippen LogP contribution in [-0.2, 0) is 16.3 Å². The monoisotopic (exact) mass is 290 g/mol. The van der Waals surface area contributed by atoms with Gasteiger partial charge in [-0.1, -0.05) is 30.3 Å². The topological polar surface area (TPSA) is 73.0 Å². The van der Waals surface area contributed by atoms with Crippen molar-refractivity contribution in [2.24, 2.45) is 0 Å². The highest BCUT2D eigenvalue weighted by Crippen LogP contribution is 2.17. The highest BCUT2D eigenvalue weighted by molar-refractivity contribution is 7.91. The number of nitrogens with zero attached hydrogens (tertiary/aromatic N) is 1. The van der Waals surface area contributed by atoms with Crippen molar-refractivity contribution in [1.82, 2.24) is 4.98 Å². The lowest BCUT2D eigenvalue weighted by Crippen LogP contribution is -2.11. The minimum absolute atomic E-state index is 0.000267. The number of unbranched alkanes of at least 4 members (excludes halogenated alkanes) is 1. The molecule has 0 amide bonds. The number of aryl methyl sites for hydroxylation is 1. The lowest BCUT2D eigenvalue weighted by Gasteiger charge is -2.06. The molecule has 1 aromatic heterocycles. The van der Waals surface area contributed by atoms with Crippen LogP contribution < -0.4 is 5.73 Å². The summed E-state index contributed by atoms with van der Waals surface area (Å²) in [4.78, 5) is 3.87. The molecule has 2 aromatic rings. The van der Waals surface area contributed by atoms with Gasteiger partial charge in [-0.05, 0) is 37.0 Å². The van der Waals surface area contributed by atoms with Crippen molar-refractivity contribution >= 4 is 15.5 Å². The molecule has 2 N–H and O–H groups in total. The lowest BCUT2D eigenvalue weighted by molar-refractivity contribution is 0.588. The standard InChI is InChI=1S/C15H18N2O2S/c16-14-10-6-11-17-15(14)20(18,19)12-5-4-9-13-7-2-1-3-8-13/h1-3,6-8,10-11H,4-5,9,12,16H2. The van der Waals surface area contributed by atoms with Gasteiger partial charge in [-0.3, -0.25) is 0 Å². The average Bonchev–Trinajstić information content (AvgIpc) is 2.45. The van der Waals surface area contributed by atoms with Gasteiger partial charge in [-0.25, -0.2) is 13.4 Å². The van der Waals surface area contributed by atoms with Gasteiger partial charge in [-0.2, -0.15) is 0 Å². The molecule has 0 radical (unpaired) electrons. The molecule has 0 aliphatic heterocycles. The van der Waals surface area contributed by atoms with Gasteiger partial charge in [0, 0.05) is 6.20 Å². The third-order valence-corrected chi connectivity index (χ3v) is 4.82. The van der Waals surface area contributed by atoms with Gasteiger partial charge in [0.05, 0.1) is 11.4 Å². The first-order chi connectivity index (χ1) is 9.59. The summed E-state index contributed by atoms with van der Waals surface area (Å²) in [7, 11) is -3.38. The van der Waals surface area contributed by atoms with Crippen molar-refractivity contribution in [3.8, 4) is 0 Å². The summed E-state index contributed by atoms with van der Waals surface area (Å²) in [5, 5.41) is -0.000267. The second-order valence-electron chi connectivity index (χ2n) is 4.66. The molecule has 0 atom stereocenters. The smallest absolute Gasteiger partial charge is 0.197 e. The summed E-state index contributed by atoms with van der Waals surface area (Å²) in [6, 6.07) is 13.2. The van der Waals surface area contributed by atoms with E-state index >= 15 is 0 Å². The van der Waals surface area contributed by atoms with E-state index in [0.717, 1.165) is 12.8 Å². The van der Waals surface area contributed by atoms with E-state index in [-0.39, 0.29) is 16.5 Å². The number of nitrogens with two attached hydrogens (primary N) is 1. The number of pyridine rings is 1. The largest absolute Gasteiger partial charge is 0.396 e. The molecular formula is C15H18N2O2S. The van der Waals surface area contributed by atoms with Gasteiger partial charge in [0.25, 0.3) is 0 Å². The first-order valence-corrected chi connectivity index (χ1v) is 8.22. The van der Waals surface area contributed by atoms with Crippen molar-refractivity contribution in [3.05, 3.63) is 54.2 Å². The highest BCUT2D eigenvalue weighted by atomic mass is 32.2. The first kappa shape index (κ1) is 14.5. The van der Waals surface area contributed by atoms with Crippen LogP contribution in [0.25, 0.3) is 0 Å². The van der Waals surface area contributed by atoms with Crippen LogP contribution in [0.3, 0.4) is 0 Å². The normalized spacial score (nSPS) is 11.4. The van der Waals surface area contributed by atoms with Crippen LogP contribution in [0.15, 0.2) is 53.7 Å². The van der Waals surface area contributed by atoms with Crippen molar-refractivity contribution in [1.29, 1.82) is 0 Å². The molecule has 4 nitrogen and oxygen atoms in total. The second kappa shape index (κ2) is 6.52. The van der Waals surface area contributed by atoms with Gasteiger partial charge >= 0.3 is 0 Å². The Morgan fingerprint density at radius 2 is 1.75 bits per heavy atom. The maximum absolute atomic E-state index is 12.1. The Labute approximate surface area is 119 Å². The molecule has 0 saturated carbocycles. The van der Waals surface area contributed by atoms with Crippen molar-refractivity contribution in [2.45, 2.75) is 24.3 Å². The Bertz CT molecular complexity index is 655. The Kier molecular flexibility index (Phi) is 4.74. The van der Waals surface area contributed by atoms with Crippen LogP contribution in [0.1, 0.15) is 18.4 Å².